The maximum Gasteiger partial charge on any atom is 0.338 e. The number of rotatable bonds is 10. The quantitative estimate of drug-likeness (QED) is 0.147. The highest BCUT2D eigenvalue weighted by Gasteiger charge is 2.35. The Labute approximate surface area is 251 Å². The maximum absolute atomic E-state index is 13.9. The van der Waals surface area contributed by atoms with Crippen LogP contribution in [0.1, 0.15) is 43.5 Å². The molecule has 0 saturated heterocycles. The zero-order valence-corrected chi connectivity index (χ0v) is 24.6. The van der Waals surface area contributed by atoms with Gasteiger partial charge in [-0.3, -0.25) is 19.5 Å². The number of fused-ring (bicyclic) bond motifs is 1. The molecule has 0 aliphatic carbocycles. The number of aromatic nitrogens is 1. The Balaban J connectivity index is 1.48. The van der Waals surface area contributed by atoms with E-state index in [9.17, 15) is 19.7 Å². The van der Waals surface area contributed by atoms with Crippen molar-refractivity contribution in [2.75, 3.05) is 13.2 Å². The summed E-state index contributed by atoms with van der Waals surface area (Å²) < 4.78 is 19.1. The van der Waals surface area contributed by atoms with Crippen molar-refractivity contribution >= 4 is 29.1 Å². The molecule has 1 aliphatic rings. The molecule has 0 amide bonds. The molecule has 5 rings (SSSR count). The number of non-ortho nitro benzene ring substituents is 1. The summed E-state index contributed by atoms with van der Waals surface area (Å²) in [6.45, 7) is 6.22. The van der Waals surface area contributed by atoms with Crippen LogP contribution in [0.4, 0.5) is 5.69 Å². The van der Waals surface area contributed by atoms with Gasteiger partial charge in [0.05, 0.1) is 33.9 Å². The molecule has 4 aromatic rings. The molecule has 10 nitrogen and oxygen atoms in total. The number of carbonyl (C=O) groups is 1. The topological polar surface area (TPSA) is 122 Å². The molecule has 0 fully saturated rings. The van der Waals surface area contributed by atoms with E-state index >= 15 is 0 Å². The van der Waals surface area contributed by atoms with Crippen molar-refractivity contribution in [1.82, 2.24) is 4.57 Å². The van der Waals surface area contributed by atoms with Gasteiger partial charge < -0.3 is 14.2 Å². The van der Waals surface area contributed by atoms with E-state index in [1.807, 2.05) is 43.3 Å². The lowest BCUT2D eigenvalue weighted by Gasteiger charge is -2.26. The molecule has 11 heteroatoms. The van der Waals surface area contributed by atoms with Crippen molar-refractivity contribution in [3.8, 4) is 11.5 Å². The van der Waals surface area contributed by atoms with E-state index in [1.54, 1.807) is 44.2 Å². The van der Waals surface area contributed by atoms with Gasteiger partial charge in [-0.2, -0.15) is 0 Å². The predicted molar refractivity (Wildman–Crippen MR) is 162 cm³/mol. The average Bonchev–Trinajstić information content (AvgIpc) is 3.30. The number of benzene rings is 3. The summed E-state index contributed by atoms with van der Waals surface area (Å²) in [5, 5.41) is 10.9. The Bertz CT molecular complexity index is 1870. The lowest BCUT2D eigenvalue weighted by molar-refractivity contribution is -0.384. The molecule has 0 N–H and O–H groups in total. The highest BCUT2D eigenvalue weighted by molar-refractivity contribution is 7.07. The predicted octanol–water partition coefficient (Wildman–Crippen LogP) is 4.68. The molecular weight excluding hydrogens is 570 g/mol. The first-order valence-electron chi connectivity index (χ1n) is 13.7. The fourth-order valence-corrected chi connectivity index (χ4v) is 5.82. The number of nitrogens with zero attached hydrogens (tertiary/aromatic N) is 3. The van der Waals surface area contributed by atoms with Gasteiger partial charge in [-0.25, -0.2) is 9.79 Å². The van der Waals surface area contributed by atoms with E-state index < -0.39 is 16.9 Å². The van der Waals surface area contributed by atoms with Crippen LogP contribution in [0, 0.1) is 10.1 Å². The number of nitro benzene ring substituents is 1. The van der Waals surface area contributed by atoms with Crippen LogP contribution in [-0.2, 0) is 16.1 Å². The number of esters is 1. The van der Waals surface area contributed by atoms with Gasteiger partial charge in [-0.15, -0.1) is 0 Å². The third kappa shape index (κ3) is 6.26. The van der Waals surface area contributed by atoms with Gasteiger partial charge >= 0.3 is 5.97 Å². The number of carbonyl (C=O) groups excluding carboxylic acids is 1. The number of allylic oxidation sites excluding steroid dienone is 1. The minimum Gasteiger partial charge on any atom is -0.494 e. The summed E-state index contributed by atoms with van der Waals surface area (Å²) in [7, 11) is 0. The van der Waals surface area contributed by atoms with Crippen LogP contribution < -0.4 is 24.4 Å². The van der Waals surface area contributed by atoms with Crippen LogP contribution >= 0.6 is 11.3 Å². The fraction of sp³-hybridized carbons (Fsp3) is 0.219. The van der Waals surface area contributed by atoms with Crippen molar-refractivity contribution in [2.45, 2.75) is 33.4 Å². The van der Waals surface area contributed by atoms with Crippen LogP contribution in [-0.4, -0.2) is 28.7 Å². The summed E-state index contributed by atoms with van der Waals surface area (Å²) >= 11 is 1.24. The van der Waals surface area contributed by atoms with Crippen molar-refractivity contribution in [3.63, 3.8) is 0 Å². The second-order valence-electron chi connectivity index (χ2n) is 9.55. The summed E-state index contributed by atoms with van der Waals surface area (Å²) in [6.07, 6.45) is 1.78. The standard InChI is InChI=1S/C32H29N3O7S/c1-4-40-26-9-7-6-8-25(26)29-28(31(37)41-5-2)20(3)33-32-34(29)30(36)27(43-32)18-21-12-16-24(17-13-21)42-19-22-10-14-23(15-11-22)35(38)39/h6-18,29H,4-5,19H2,1-3H3/b27-18-/t29-/m0/s1. The van der Waals surface area contributed by atoms with Crippen LogP contribution in [0.3, 0.4) is 0 Å². The highest BCUT2D eigenvalue weighted by Crippen LogP contribution is 2.35. The molecule has 43 heavy (non-hydrogen) atoms. The number of ether oxygens (including phenoxy) is 3. The number of nitro groups is 1. The Morgan fingerprint density at radius 2 is 1.74 bits per heavy atom. The molecule has 2 heterocycles. The van der Waals surface area contributed by atoms with Gasteiger partial charge in [-0.1, -0.05) is 41.7 Å². The Kier molecular flexibility index (Phi) is 8.82. The molecular formula is C32H29N3O7S. The molecule has 1 aromatic heterocycles. The number of thiazole rings is 1. The average molecular weight is 600 g/mol. The van der Waals surface area contributed by atoms with Crippen LogP contribution in [0.25, 0.3) is 6.08 Å². The van der Waals surface area contributed by atoms with E-state index in [2.05, 4.69) is 4.99 Å². The molecule has 1 aliphatic heterocycles. The number of para-hydroxylation sites is 1. The molecule has 0 bridgehead atoms. The van der Waals surface area contributed by atoms with E-state index in [1.165, 1.54) is 28.0 Å². The molecule has 0 spiro atoms. The van der Waals surface area contributed by atoms with Crippen LogP contribution in [0.15, 0.2) is 93.9 Å². The molecule has 0 saturated carbocycles. The monoisotopic (exact) mass is 599 g/mol. The van der Waals surface area contributed by atoms with Gasteiger partial charge in [0.2, 0.25) is 0 Å². The van der Waals surface area contributed by atoms with E-state index in [0.717, 1.165) is 11.1 Å². The van der Waals surface area contributed by atoms with Gasteiger partial charge in [0.1, 0.15) is 24.1 Å². The first-order valence-corrected chi connectivity index (χ1v) is 14.5. The zero-order valence-electron chi connectivity index (χ0n) is 23.8. The normalized spacial score (nSPS) is 14.6. The van der Waals surface area contributed by atoms with E-state index in [-0.39, 0.29) is 24.5 Å². The van der Waals surface area contributed by atoms with Crippen molar-refractivity contribution in [2.24, 2.45) is 4.99 Å². The summed E-state index contributed by atoms with van der Waals surface area (Å²) in [4.78, 5) is 42.6. The Hall–Kier alpha value is -5.03. The third-order valence-electron chi connectivity index (χ3n) is 6.76. The molecule has 1 atom stereocenters. The molecule has 0 unspecified atom stereocenters. The van der Waals surface area contributed by atoms with Gasteiger partial charge in [0, 0.05) is 17.7 Å². The first-order chi connectivity index (χ1) is 20.8. The summed E-state index contributed by atoms with van der Waals surface area (Å²) in [5.41, 5.74) is 2.76. The Morgan fingerprint density at radius 1 is 1.02 bits per heavy atom. The maximum atomic E-state index is 13.9. The second kappa shape index (κ2) is 12.9. The van der Waals surface area contributed by atoms with Crippen molar-refractivity contribution in [3.05, 3.63) is 131 Å². The lowest BCUT2D eigenvalue weighted by Crippen LogP contribution is -2.40. The molecule has 3 aromatic carbocycles. The first kappa shape index (κ1) is 29.5. The van der Waals surface area contributed by atoms with Crippen molar-refractivity contribution < 1.29 is 23.9 Å². The minimum absolute atomic E-state index is 0.0236. The largest absolute Gasteiger partial charge is 0.494 e. The van der Waals surface area contributed by atoms with Gasteiger partial charge in [0.15, 0.2) is 4.80 Å². The number of hydrogen-bond donors (Lipinski definition) is 0. The second-order valence-corrected chi connectivity index (χ2v) is 10.6. The molecule has 0 radical (unpaired) electrons. The smallest absolute Gasteiger partial charge is 0.338 e. The van der Waals surface area contributed by atoms with Crippen LogP contribution in [0.2, 0.25) is 0 Å². The fourth-order valence-electron chi connectivity index (χ4n) is 4.77. The van der Waals surface area contributed by atoms with E-state index in [4.69, 9.17) is 14.2 Å². The minimum atomic E-state index is -0.768. The van der Waals surface area contributed by atoms with Gasteiger partial charge in [-0.05, 0) is 68.3 Å². The van der Waals surface area contributed by atoms with Crippen molar-refractivity contribution in [1.29, 1.82) is 0 Å². The van der Waals surface area contributed by atoms with E-state index in [0.29, 0.717) is 44.3 Å². The van der Waals surface area contributed by atoms with Gasteiger partial charge in [0.25, 0.3) is 11.2 Å². The third-order valence-corrected chi connectivity index (χ3v) is 7.74. The summed E-state index contributed by atoms with van der Waals surface area (Å²) in [6, 6.07) is 20.0. The summed E-state index contributed by atoms with van der Waals surface area (Å²) in [5.74, 6) is 0.656. The SMILES string of the molecule is CCOC(=O)C1=C(C)N=c2s/c(=C\c3ccc(OCc4ccc([N+](=O)[O-])cc4)cc3)c(=O)n2[C@H]1c1ccccc1OCC. The Morgan fingerprint density at radius 3 is 2.42 bits per heavy atom. The zero-order chi connectivity index (χ0) is 30.5. The lowest BCUT2D eigenvalue weighted by atomic mass is 9.95. The number of hydrogen-bond acceptors (Lipinski definition) is 9. The highest BCUT2D eigenvalue weighted by atomic mass is 32.1. The molecule has 220 valence electrons. The van der Waals surface area contributed by atoms with Crippen LogP contribution in [0.5, 0.6) is 11.5 Å².